The molecule has 5 heteroatoms. The van der Waals surface area contributed by atoms with Gasteiger partial charge in [0.25, 0.3) is 0 Å². The third kappa shape index (κ3) is 4.17. The quantitative estimate of drug-likeness (QED) is 0.549. The lowest BCUT2D eigenvalue weighted by molar-refractivity contribution is -0.00912. The van der Waals surface area contributed by atoms with Gasteiger partial charge in [-0.2, -0.15) is 0 Å². The van der Waals surface area contributed by atoms with Crippen molar-refractivity contribution in [3.63, 3.8) is 0 Å². The molecule has 0 amide bonds. The molecule has 4 N–H and O–H groups in total. The van der Waals surface area contributed by atoms with Crippen LogP contribution in [0.3, 0.4) is 0 Å². The van der Waals surface area contributed by atoms with Crippen LogP contribution < -0.4 is 20.9 Å². The Morgan fingerprint density at radius 1 is 0.938 bits per heavy atom. The van der Waals surface area contributed by atoms with Gasteiger partial charge in [-0.25, -0.2) is 0 Å². The summed E-state index contributed by atoms with van der Waals surface area (Å²) >= 11 is 0. The smallest absolute Gasteiger partial charge is 0.170 e. The lowest BCUT2D eigenvalue weighted by Gasteiger charge is -2.45. The predicted molar refractivity (Wildman–Crippen MR) is 127 cm³/mol. The van der Waals surface area contributed by atoms with E-state index in [0.717, 1.165) is 30.6 Å². The Morgan fingerprint density at radius 2 is 1.66 bits per heavy atom. The van der Waals surface area contributed by atoms with Gasteiger partial charge in [0.05, 0.1) is 17.7 Å². The number of rotatable bonds is 3. The van der Waals surface area contributed by atoms with Crippen LogP contribution in [0.1, 0.15) is 75.1 Å². The number of ketones is 1. The third-order valence-corrected chi connectivity index (χ3v) is 7.99. The molecule has 0 bridgehead atoms. The first-order chi connectivity index (χ1) is 15.4. The second kappa shape index (κ2) is 8.34. The molecule has 1 spiro atoms. The van der Waals surface area contributed by atoms with Crippen LogP contribution in [0.2, 0.25) is 0 Å². The summed E-state index contributed by atoms with van der Waals surface area (Å²) in [5.41, 5.74) is 13.2. The number of Topliss-reactive ketones (excluding diaryl/α,β-unsaturated/α-hetero) is 1. The van der Waals surface area contributed by atoms with Crippen LogP contribution in [0.4, 0.5) is 11.4 Å². The minimum Gasteiger partial charge on any atom is -0.486 e. The number of nitrogens with two attached hydrogens (primary N) is 2. The second-order valence-electron chi connectivity index (χ2n) is 10.3. The molecule has 0 radical (unpaired) electrons. The van der Waals surface area contributed by atoms with Gasteiger partial charge in [0.1, 0.15) is 22.8 Å². The van der Waals surface area contributed by atoms with Gasteiger partial charge in [-0.1, -0.05) is 19.8 Å². The first-order valence-electron chi connectivity index (χ1n) is 12.1. The van der Waals surface area contributed by atoms with Crippen LogP contribution in [-0.4, -0.2) is 11.4 Å². The molecular formula is C27H34N2O3. The molecule has 2 aromatic rings. The van der Waals surface area contributed by atoms with Crippen LogP contribution in [0.5, 0.6) is 17.2 Å². The average Bonchev–Trinajstić information content (AvgIpc) is 2.77. The summed E-state index contributed by atoms with van der Waals surface area (Å²) in [6.45, 7) is 2.38. The molecule has 2 aromatic carbocycles. The van der Waals surface area contributed by atoms with Crippen LogP contribution in [0.25, 0.3) is 0 Å². The van der Waals surface area contributed by atoms with Crippen LogP contribution >= 0.6 is 0 Å². The van der Waals surface area contributed by atoms with E-state index in [2.05, 4.69) is 6.92 Å². The number of ether oxygens (including phenoxy) is 2. The van der Waals surface area contributed by atoms with Crippen molar-refractivity contribution in [2.24, 2.45) is 17.8 Å². The van der Waals surface area contributed by atoms with Crippen molar-refractivity contribution in [1.82, 2.24) is 0 Å². The number of carbonyl (C=O) groups is 1. The SMILES string of the molecule is CC1CCC(C2CCC3(CC2)CC(=O)c2ccc(Oc4ccc(N)cc4N)cc2O3)CC1. The van der Waals surface area contributed by atoms with Crippen LogP contribution in [0, 0.1) is 17.8 Å². The minimum atomic E-state index is -0.360. The van der Waals surface area contributed by atoms with Gasteiger partial charge in [0.2, 0.25) is 0 Å². The van der Waals surface area contributed by atoms with Gasteiger partial charge in [-0.15, -0.1) is 0 Å². The standard InChI is InChI=1S/C27H34N2O3/c1-17-2-4-18(5-3-17)19-10-12-27(13-11-19)16-24(30)22-8-7-21(15-26(22)32-27)31-25-9-6-20(28)14-23(25)29/h6-9,14-15,17-19H,2-5,10-13,16,28-29H2,1H3. The summed E-state index contributed by atoms with van der Waals surface area (Å²) in [6, 6.07) is 10.6. The lowest BCUT2D eigenvalue weighted by Crippen LogP contribution is -2.45. The summed E-state index contributed by atoms with van der Waals surface area (Å²) < 4.78 is 12.5. The number of anilines is 2. The van der Waals surface area contributed by atoms with Crippen molar-refractivity contribution in [1.29, 1.82) is 0 Å². The molecule has 170 valence electrons. The molecule has 0 aromatic heterocycles. The van der Waals surface area contributed by atoms with Gasteiger partial charge in [0, 0.05) is 11.8 Å². The zero-order valence-corrected chi connectivity index (χ0v) is 18.9. The maximum absolute atomic E-state index is 13.0. The maximum atomic E-state index is 13.0. The Labute approximate surface area is 190 Å². The zero-order valence-electron chi connectivity index (χ0n) is 18.9. The van der Waals surface area contributed by atoms with Crippen molar-refractivity contribution >= 4 is 17.2 Å². The molecule has 1 heterocycles. The molecular weight excluding hydrogens is 400 g/mol. The van der Waals surface area contributed by atoms with E-state index in [1.165, 1.54) is 38.5 Å². The molecule has 2 aliphatic carbocycles. The number of benzene rings is 2. The largest absolute Gasteiger partial charge is 0.486 e. The van der Waals surface area contributed by atoms with E-state index in [0.29, 0.717) is 40.6 Å². The molecule has 5 nitrogen and oxygen atoms in total. The number of carbonyl (C=O) groups excluding carboxylic acids is 1. The van der Waals surface area contributed by atoms with Crippen molar-refractivity contribution in [2.45, 2.75) is 70.3 Å². The van der Waals surface area contributed by atoms with Gasteiger partial charge in [-0.05, 0) is 86.6 Å². The molecule has 2 saturated carbocycles. The topological polar surface area (TPSA) is 87.6 Å². The van der Waals surface area contributed by atoms with Crippen molar-refractivity contribution in [3.05, 3.63) is 42.0 Å². The van der Waals surface area contributed by atoms with E-state index in [1.54, 1.807) is 24.3 Å². The minimum absolute atomic E-state index is 0.176. The molecule has 32 heavy (non-hydrogen) atoms. The first-order valence-corrected chi connectivity index (χ1v) is 12.1. The Balaban J connectivity index is 1.29. The van der Waals surface area contributed by atoms with Gasteiger partial charge < -0.3 is 20.9 Å². The van der Waals surface area contributed by atoms with Gasteiger partial charge >= 0.3 is 0 Å². The average molecular weight is 435 g/mol. The van der Waals surface area contributed by atoms with Crippen LogP contribution in [-0.2, 0) is 0 Å². The normalized spacial score (nSPS) is 29.9. The fraction of sp³-hybridized carbons (Fsp3) is 0.519. The summed E-state index contributed by atoms with van der Waals surface area (Å²) in [6.07, 6.45) is 10.2. The van der Waals surface area contributed by atoms with Crippen LogP contribution in [0.15, 0.2) is 36.4 Å². The van der Waals surface area contributed by atoms with E-state index < -0.39 is 0 Å². The first kappa shape index (κ1) is 21.2. The highest BCUT2D eigenvalue weighted by atomic mass is 16.5. The maximum Gasteiger partial charge on any atom is 0.170 e. The number of hydrogen-bond donors (Lipinski definition) is 2. The molecule has 1 aliphatic heterocycles. The molecule has 5 rings (SSSR count). The molecule has 0 saturated heterocycles. The Hall–Kier alpha value is -2.69. The highest BCUT2D eigenvalue weighted by molar-refractivity contribution is 6.00. The zero-order chi connectivity index (χ0) is 22.3. The predicted octanol–water partition coefficient (Wildman–Crippen LogP) is 6.36. The second-order valence-corrected chi connectivity index (χ2v) is 10.3. The van der Waals surface area contributed by atoms with Crippen molar-refractivity contribution < 1.29 is 14.3 Å². The highest BCUT2D eigenvalue weighted by Crippen LogP contribution is 2.48. The fourth-order valence-corrected chi connectivity index (χ4v) is 6.00. The monoisotopic (exact) mass is 434 g/mol. The number of hydrogen-bond acceptors (Lipinski definition) is 5. The van der Waals surface area contributed by atoms with Gasteiger partial charge in [-0.3, -0.25) is 4.79 Å². The fourth-order valence-electron chi connectivity index (χ4n) is 6.00. The molecule has 0 unspecified atom stereocenters. The summed E-state index contributed by atoms with van der Waals surface area (Å²) in [7, 11) is 0. The lowest BCUT2D eigenvalue weighted by atomic mass is 9.67. The Morgan fingerprint density at radius 3 is 2.38 bits per heavy atom. The van der Waals surface area contributed by atoms with Crippen molar-refractivity contribution in [3.8, 4) is 17.2 Å². The van der Waals surface area contributed by atoms with E-state index >= 15 is 0 Å². The Bertz CT molecular complexity index is 1000. The van der Waals surface area contributed by atoms with E-state index in [4.69, 9.17) is 20.9 Å². The van der Waals surface area contributed by atoms with E-state index in [1.807, 2.05) is 12.1 Å². The number of nitrogen functional groups attached to an aromatic ring is 2. The van der Waals surface area contributed by atoms with E-state index in [-0.39, 0.29) is 11.4 Å². The summed E-state index contributed by atoms with van der Waals surface area (Å²) in [5, 5.41) is 0. The molecule has 0 atom stereocenters. The molecule has 3 aliphatic rings. The van der Waals surface area contributed by atoms with Crippen molar-refractivity contribution in [2.75, 3.05) is 11.5 Å². The highest BCUT2D eigenvalue weighted by Gasteiger charge is 2.44. The van der Waals surface area contributed by atoms with E-state index in [9.17, 15) is 4.79 Å². The summed E-state index contributed by atoms with van der Waals surface area (Å²) in [5.74, 6) is 4.50. The third-order valence-electron chi connectivity index (χ3n) is 7.99. The Kier molecular flexibility index (Phi) is 5.52. The van der Waals surface area contributed by atoms with Gasteiger partial charge in [0.15, 0.2) is 5.78 Å². The molecule has 2 fully saturated rings. The summed E-state index contributed by atoms with van der Waals surface area (Å²) in [4.78, 5) is 13.0. The number of fused-ring (bicyclic) bond motifs is 1.